The standard InChI is InChI=1S/C23H15Cl4N3O2S/c1-12-15(25)6-4-8-19(12)30-22(32)14-5-2-3-7-18(14)28-23(30)33-11-20(31)29-21-16(26)9-13(24)10-17(21)27/h2-10H,11H2,1H3,(H,29,31). The highest BCUT2D eigenvalue weighted by atomic mass is 35.5. The zero-order chi connectivity index (χ0) is 23.7. The van der Waals surface area contributed by atoms with E-state index in [9.17, 15) is 9.59 Å². The van der Waals surface area contributed by atoms with Crippen LogP contribution in [-0.2, 0) is 4.79 Å². The number of rotatable bonds is 5. The summed E-state index contributed by atoms with van der Waals surface area (Å²) in [4.78, 5) is 30.7. The lowest BCUT2D eigenvalue weighted by Crippen LogP contribution is -2.23. The van der Waals surface area contributed by atoms with Gasteiger partial charge in [-0.15, -0.1) is 0 Å². The van der Waals surface area contributed by atoms with Crippen LogP contribution in [0.1, 0.15) is 5.56 Å². The molecule has 0 bridgehead atoms. The molecule has 4 rings (SSSR count). The monoisotopic (exact) mass is 537 g/mol. The number of fused-ring (bicyclic) bond motifs is 1. The van der Waals surface area contributed by atoms with Gasteiger partial charge in [0.15, 0.2) is 5.16 Å². The van der Waals surface area contributed by atoms with Crippen LogP contribution in [0.3, 0.4) is 0 Å². The fourth-order valence-corrected chi connectivity index (χ4v) is 5.11. The Kier molecular flexibility index (Phi) is 7.22. The Balaban J connectivity index is 1.71. The molecule has 0 aliphatic heterocycles. The molecule has 0 saturated carbocycles. The molecule has 1 amide bonds. The second-order valence-electron chi connectivity index (χ2n) is 7.02. The van der Waals surface area contributed by atoms with E-state index in [2.05, 4.69) is 10.3 Å². The SMILES string of the molecule is Cc1c(Cl)cccc1-n1c(SCC(=O)Nc2c(Cl)cc(Cl)cc2Cl)nc2ccccc2c1=O. The molecule has 0 spiro atoms. The maximum atomic E-state index is 13.4. The third-order valence-electron chi connectivity index (χ3n) is 4.83. The number of halogens is 4. The summed E-state index contributed by atoms with van der Waals surface area (Å²) in [5, 5.41) is 4.83. The molecule has 0 atom stereocenters. The number of aromatic nitrogens is 2. The van der Waals surface area contributed by atoms with E-state index in [-0.39, 0.29) is 33.0 Å². The van der Waals surface area contributed by atoms with Crippen molar-refractivity contribution in [1.29, 1.82) is 0 Å². The van der Waals surface area contributed by atoms with Crippen molar-refractivity contribution in [3.63, 3.8) is 0 Å². The van der Waals surface area contributed by atoms with Crippen LogP contribution in [-0.4, -0.2) is 21.2 Å². The van der Waals surface area contributed by atoms with Gasteiger partial charge in [-0.3, -0.25) is 14.2 Å². The van der Waals surface area contributed by atoms with Gasteiger partial charge in [0, 0.05) is 10.0 Å². The number of hydrogen-bond donors (Lipinski definition) is 1. The molecule has 33 heavy (non-hydrogen) atoms. The van der Waals surface area contributed by atoms with E-state index in [0.29, 0.717) is 31.8 Å². The molecular formula is C23H15Cl4N3O2S. The van der Waals surface area contributed by atoms with E-state index in [1.165, 1.54) is 16.7 Å². The Morgan fingerprint density at radius 2 is 1.70 bits per heavy atom. The molecule has 0 fully saturated rings. The first-order valence-corrected chi connectivity index (χ1v) is 12.1. The van der Waals surface area contributed by atoms with Gasteiger partial charge in [0.05, 0.1) is 38.1 Å². The number of nitrogens with zero attached hydrogens (tertiary/aromatic N) is 2. The van der Waals surface area contributed by atoms with E-state index in [1.54, 1.807) is 42.5 Å². The molecule has 0 unspecified atom stereocenters. The molecule has 1 aromatic heterocycles. The summed E-state index contributed by atoms with van der Waals surface area (Å²) in [6, 6.07) is 15.3. The Morgan fingerprint density at radius 3 is 2.42 bits per heavy atom. The second-order valence-corrected chi connectivity index (χ2v) is 9.62. The smallest absolute Gasteiger partial charge is 0.266 e. The minimum Gasteiger partial charge on any atom is -0.323 e. The molecule has 4 aromatic rings. The number of thioether (sulfide) groups is 1. The lowest BCUT2D eigenvalue weighted by atomic mass is 10.2. The minimum absolute atomic E-state index is 0.0420. The van der Waals surface area contributed by atoms with E-state index in [1.807, 2.05) is 6.92 Å². The normalized spacial score (nSPS) is 11.1. The summed E-state index contributed by atoms with van der Waals surface area (Å²) >= 11 is 25.7. The summed E-state index contributed by atoms with van der Waals surface area (Å²) in [7, 11) is 0. The number of amides is 1. The van der Waals surface area contributed by atoms with Crippen LogP contribution in [0.15, 0.2) is 64.5 Å². The van der Waals surface area contributed by atoms with E-state index in [0.717, 1.165) is 17.3 Å². The first kappa shape index (κ1) is 23.9. The highest BCUT2D eigenvalue weighted by Crippen LogP contribution is 2.34. The van der Waals surface area contributed by atoms with Gasteiger partial charge >= 0.3 is 0 Å². The predicted octanol–water partition coefficient (Wildman–Crippen LogP) is 7.04. The van der Waals surface area contributed by atoms with Crippen molar-refractivity contribution in [2.24, 2.45) is 0 Å². The molecule has 1 heterocycles. The topological polar surface area (TPSA) is 64.0 Å². The first-order valence-electron chi connectivity index (χ1n) is 9.60. The van der Waals surface area contributed by atoms with E-state index in [4.69, 9.17) is 46.4 Å². The molecular weight excluding hydrogens is 524 g/mol. The number of anilines is 1. The van der Waals surface area contributed by atoms with Crippen LogP contribution in [0, 0.1) is 6.92 Å². The molecule has 0 aliphatic carbocycles. The van der Waals surface area contributed by atoms with Crippen molar-refractivity contribution in [1.82, 2.24) is 9.55 Å². The van der Waals surface area contributed by atoms with Crippen molar-refractivity contribution in [3.05, 3.63) is 90.6 Å². The Labute approximate surface area is 213 Å². The fourth-order valence-electron chi connectivity index (χ4n) is 3.23. The molecule has 3 aromatic carbocycles. The maximum absolute atomic E-state index is 13.4. The number of para-hydroxylation sites is 1. The quantitative estimate of drug-likeness (QED) is 0.218. The van der Waals surface area contributed by atoms with Crippen molar-refractivity contribution in [2.75, 3.05) is 11.1 Å². The second kappa shape index (κ2) is 9.95. The summed E-state index contributed by atoms with van der Waals surface area (Å²) in [6.07, 6.45) is 0. The van der Waals surface area contributed by atoms with Gasteiger partial charge in [0.1, 0.15) is 0 Å². The lowest BCUT2D eigenvalue weighted by molar-refractivity contribution is -0.113. The highest BCUT2D eigenvalue weighted by molar-refractivity contribution is 7.99. The van der Waals surface area contributed by atoms with Gasteiger partial charge in [0.25, 0.3) is 5.56 Å². The number of nitrogens with one attached hydrogen (secondary N) is 1. The maximum Gasteiger partial charge on any atom is 0.266 e. The van der Waals surface area contributed by atoms with Crippen LogP contribution in [0.5, 0.6) is 0 Å². The third-order valence-corrected chi connectivity index (χ3v) is 6.99. The van der Waals surface area contributed by atoms with Crippen molar-refractivity contribution in [2.45, 2.75) is 12.1 Å². The summed E-state index contributed by atoms with van der Waals surface area (Å²) in [5.41, 5.74) is 1.87. The number of benzene rings is 3. The van der Waals surface area contributed by atoms with Crippen LogP contribution >= 0.6 is 58.2 Å². The molecule has 5 nitrogen and oxygen atoms in total. The van der Waals surface area contributed by atoms with Gasteiger partial charge in [-0.05, 0) is 48.9 Å². The van der Waals surface area contributed by atoms with Crippen LogP contribution in [0.25, 0.3) is 16.6 Å². The fraction of sp³-hybridized carbons (Fsp3) is 0.0870. The van der Waals surface area contributed by atoms with Gasteiger partial charge in [-0.25, -0.2) is 4.98 Å². The first-order chi connectivity index (χ1) is 15.8. The number of carbonyl (C=O) groups excluding carboxylic acids is 1. The molecule has 168 valence electrons. The van der Waals surface area contributed by atoms with Crippen molar-refractivity contribution >= 4 is 80.7 Å². The summed E-state index contributed by atoms with van der Waals surface area (Å²) in [5.74, 6) is -0.414. The molecule has 0 aliphatic rings. The molecule has 0 saturated heterocycles. The average Bonchev–Trinajstić information content (AvgIpc) is 2.77. The van der Waals surface area contributed by atoms with Gasteiger partial charge in [0.2, 0.25) is 5.91 Å². The number of carbonyl (C=O) groups is 1. The summed E-state index contributed by atoms with van der Waals surface area (Å²) < 4.78 is 1.48. The molecule has 1 N–H and O–H groups in total. The Bertz CT molecular complexity index is 1430. The van der Waals surface area contributed by atoms with Crippen LogP contribution in [0.2, 0.25) is 20.1 Å². The van der Waals surface area contributed by atoms with E-state index < -0.39 is 0 Å². The largest absolute Gasteiger partial charge is 0.323 e. The van der Waals surface area contributed by atoms with Crippen molar-refractivity contribution < 1.29 is 4.79 Å². The van der Waals surface area contributed by atoms with Gasteiger partial charge in [-0.2, -0.15) is 0 Å². The van der Waals surface area contributed by atoms with Gasteiger partial charge < -0.3 is 5.32 Å². The number of hydrogen-bond acceptors (Lipinski definition) is 4. The molecule has 0 radical (unpaired) electrons. The van der Waals surface area contributed by atoms with Crippen molar-refractivity contribution in [3.8, 4) is 5.69 Å². The zero-order valence-electron chi connectivity index (χ0n) is 17.0. The van der Waals surface area contributed by atoms with Crippen LogP contribution in [0.4, 0.5) is 5.69 Å². The average molecular weight is 539 g/mol. The predicted molar refractivity (Wildman–Crippen MR) is 138 cm³/mol. The van der Waals surface area contributed by atoms with Gasteiger partial charge in [-0.1, -0.05) is 76.4 Å². The highest BCUT2D eigenvalue weighted by Gasteiger charge is 2.18. The van der Waals surface area contributed by atoms with E-state index >= 15 is 0 Å². The minimum atomic E-state index is -0.372. The molecule has 10 heteroatoms. The Morgan fingerprint density at radius 1 is 1.00 bits per heavy atom. The lowest BCUT2D eigenvalue weighted by Gasteiger charge is -2.16. The third kappa shape index (κ3) is 5.00. The zero-order valence-corrected chi connectivity index (χ0v) is 20.9. The summed E-state index contributed by atoms with van der Waals surface area (Å²) in [6.45, 7) is 1.82. The van der Waals surface area contributed by atoms with Crippen LogP contribution < -0.4 is 10.9 Å². The Hall–Kier alpha value is -2.22.